The number of aliphatic hydroxyl groups excluding tert-OH is 1. The largest absolute Gasteiger partial charge is 0.457 e. The van der Waals surface area contributed by atoms with Crippen molar-refractivity contribution in [3.63, 3.8) is 0 Å². The second-order valence-corrected chi connectivity index (χ2v) is 4.09. The molecule has 3 nitrogen and oxygen atoms in total. The molecule has 0 spiro atoms. The first-order valence-corrected chi connectivity index (χ1v) is 5.88. The van der Waals surface area contributed by atoms with Gasteiger partial charge in [-0.2, -0.15) is 0 Å². The summed E-state index contributed by atoms with van der Waals surface area (Å²) in [5.41, 5.74) is 1.39. The van der Waals surface area contributed by atoms with Gasteiger partial charge in [0.25, 0.3) is 0 Å². The number of rotatable bonds is 5. The third-order valence-electron chi connectivity index (χ3n) is 2.63. The van der Waals surface area contributed by atoms with Gasteiger partial charge in [-0.3, -0.25) is 0 Å². The molecule has 0 heterocycles. The van der Waals surface area contributed by atoms with Crippen molar-refractivity contribution in [3.05, 3.63) is 59.4 Å². The van der Waals surface area contributed by atoms with Gasteiger partial charge in [0, 0.05) is 12.7 Å². The van der Waals surface area contributed by atoms with Crippen LogP contribution in [0.2, 0.25) is 0 Å². The lowest BCUT2D eigenvalue weighted by atomic mass is 10.2. The van der Waals surface area contributed by atoms with Gasteiger partial charge < -0.3 is 14.6 Å². The van der Waals surface area contributed by atoms with Crippen LogP contribution in [0.5, 0.6) is 11.5 Å². The van der Waals surface area contributed by atoms with Crippen LogP contribution >= 0.6 is 0 Å². The normalized spacial score (nSPS) is 10.5. The Morgan fingerprint density at radius 1 is 1.16 bits per heavy atom. The Labute approximate surface area is 111 Å². The number of halogens is 1. The molecule has 4 heteroatoms. The van der Waals surface area contributed by atoms with Crippen LogP contribution in [-0.2, 0) is 18.0 Å². The lowest BCUT2D eigenvalue weighted by molar-refractivity contribution is 0.184. The van der Waals surface area contributed by atoms with E-state index in [1.807, 2.05) is 18.2 Å². The number of hydrogen-bond acceptors (Lipinski definition) is 3. The zero-order chi connectivity index (χ0) is 13.7. The fourth-order valence-electron chi connectivity index (χ4n) is 1.76. The van der Waals surface area contributed by atoms with Crippen molar-refractivity contribution >= 4 is 0 Å². The third kappa shape index (κ3) is 3.53. The van der Waals surface area contributed by atoms with Crippen molar-refractivity contribution in [2.45, 2.75) is 13.2 Å². The van der Waals surface area contributed by atoms with E-state index in [-0.39, 0.29) is 6.61 Å². The minimum atomic E-state index is -0.399. The van der Waals surface area contributed by atoms with Gasteiger partial charge in [-0.25, -0.2) is 4.39 Å². The highest BCUT2D eigenvalue weighted by Crippen LogP contribution is 2.26. The first kappa shape index (κ1) is 13.5. The lowest BCUT2D eigenvalue weighted by Gasteiger charge is -2.10. The van der Waals surface area contributed by atoms with Gasteiger partial charge in [-0.05, 0) is 35.9 Å². The summed E-state index contributed by atoms with van der Waals surface area (Å²) in [5.74, 6) is 0.666. The number of benzene rings is 2. The molecule has 2 aromatic rings. The van der Waals surface area contributed by atoms with Crippen molar-refractivity contribution in [1.29, 1.82) is 0 Å². The molecular weight excluding hydrogens is 247 g/mol. The van der Waals surface area contributed by atoms with Gasteiger partial charge >= 0.3 is 0 Å². The standard InChI is InChI=1S/C15H15FO3/c1-18-10-11-3-2-4-14(7-11)19-15-6-5-13(16)8-12(15)9-17/h2-8,17H,9-10H2,1H3. The van der Waals surface area contributed by atoms with Crippen molar-refractivity contribution in [2.75, 3.05) is 7.11 Å². The predicted octanol–water partition coefficient (Wildman–Crippen LogP) is 3.26. The summed E-state index contributed by atoms with van der Waals surface area (Å²) in [4.78, 5) is 0. The maximum absolute atomic E-state index is 13.1. The molecule has 0 saturated heterocycles. The Balaban J connectivity index is 2.23. The summed E-state index contributed by atoms with van der Waals surface area (Å²) >= 11 is 0. The topological polar surface area (TPSA) is 38.7 Å². The Hall–Kier alpha value is -1.91. The van der Waals surface area contributed by atoms with Gasteiger partial charge in [0.15, 0.2) is 0 Å². The average Bonchev–Trinajstić information content (AvgIpc) is 2.41. The molecule has 2 rings (SSSR count). The summed E-state index contributed by atoms with van der Waals surface area (Å²) in [6.07, 6.45) is 0. The van der Waals surface area contributed by atoms with Crippen LogP contribution in [-0.4, -0.2) is 12.2 Å². The molecule has 0 fully saturated rings. The molecule has 19 heavy (non-hydrogen) atoms. The Bertz CT molecular complexity index is 555. The quantitative estimate of drug-likeness (QED) is 0.898. The van der Waals surface area contributed by atoms with Crippen molar-refractivity contribution in [1.82, 2.24) is 0 Å². The van der Waals surface area contributed by atoms with Crippen LogP contribution in [0.4, 0.5) is 4.39 Å². The zero-order valence-corrected chi connectivity index (χ0v) is 10.6. The smallest absolute Gasteiger partial charge is 0.133 e. The highest BCUT2D eigenvalue weighted by Gasteiger charge is 2.06. The summed E-state index contributed by atoms with van der Waals surface area (Å²) in [7, 11) is 1.62. The van der Waals surface area contributed by atoms with Crippen LogP contribution in [0, 0.1) is 5.82 Å². The molecule has 0 aliphatic carbocycles. The van der Waals surface area contributed by atoms with Gasteiger partial charge in [-0.15, -0.1) is 0 Å². The van der Waals surface area contributed by atoms with Crippen LogP contribution in [0.3, 0.4) is 0 Å². The SMILES string of the molecule is COCc1cccc(Oc2ccc(F)cc2CO)c1. The number of methoxy groups -OCH3 is 1. The van der Waals surface area contributed by atoms with Crippen molar-refractivity contribution < 1.29 is 19.0 Å². The average molecular weight is 262 g/mol. The summed E-state index contributed by atoms with van der Waals surface area (Å²) in [6, 6.07) is 11.5. The van der Waals surface area contributed by atoms with E-state index in [2.05, 4.69) is 0 Å². The molecule has 100 valence electrons. The molecule has 0 saturated carbocycles. The second-order valence-electron chi connectivity index (χ2n) is 4.09. The minimum absolute atomic E-state index is 0.273. The molecular formula is C15H15FO3. The van der Waals surface area contributed by atoms with E-state index >= 15 is 0 Å². The fraction of sp³-hybridized carbons (Fsp3) is 0.200. The third-order valence-corrected chi connectivity index (χ3v) is 2.63. The molecule has 0 aliphatic rings. The molecule has 1 N–H and O–H groups in total. The molecule has 0 amide bonds. The van der Waals surface area contributed by atoms with Crippen LogP contribution in [0.25, 0.3) is 0 Å². The predicted molar refractivity (Wildman–Crippen MR) is 69.6 cm³/mol. The van der Waals surface area contributed by atoms with Gasteiger partial charge in [-0.1, -0.05) is 12.1 Å². The van der Waals surface area contributed by atoms with E-state index in [4.69, 9.17) is 9.47 Å². The van der Waals surface area contributed by atoms with E-state index < -0.39 is 5.82 Å². The lowest BCUT2D eigenvalue weighted by Crippen LogP contribution is -1.94. The number of ether oxygens (including phenoxy) is 2. The zero-order valence-electron chi connectivity index (χ0n) is 10.6. The van der Waals surface area contributed by atoms with Crippen LogP contribution in [0.15, 0.2) is 42.5 Å². The summed E-state index contributed by atoms with van der Waals surface area (Å²) < 4.78 is 23.8. The maximum Gasteiger partial charge on any atom is 0.133 e. The van der Waals surface area contributed by atoms with E-state index in [1.165, 1.54) is 18.2 Å². The Kier molecular flexibility index (Phi) is 4.49. The summed E-state index contributed by atoms with van der Waals surface area (Å²) in [6.45, 7) is 0.221. The molecule has 0 aliphatic heterocycles. The molecule has 0 bridgehead atoms. The highest BCUT2D eigenvalue weighted by molar-refractivity contribution is 5.39. The Morgan fingerprint density at radius 3 is 2.74 bits per heavy atom. The Morgan fingerprint density at radius 2 is 2.00 bits per heavy atom. The maximum atomic E-state index is 13.1. The highest BCUT2D eigenvalue weighted by atomic mass is 19.1. The van der Waals surface area contributed by atoms with E-state index in [1.54, 1.807) is 13.2 Å². The molecule has 2 aromatic carbocycles. The molecule has 0 unspecified atom stereocenters. The molecule has 0 radical (unpaired) electrons. The monoisotopic (exact) mass is 262 g/mol. The van der Waals surface area contributed by atoms with Crippen molar-refractivity contribution in [3.8, 4) is 11.5 Å². The van der Waals surface area contributed by atoms with E-state index in [0.717, 1.165) is 5.56 Å². The summed E-state index contributed by atoms with van der Waals surface area (Å²) in [5, 5.41) is 9.19. The first-order valence-electron chi connectivity index (χ1n) is 5.88. The van der Waals surface area contributed by atoms with Crippen molar-refractivity contribution in [2.24, 2.45) is 0 Å². The molecule has 0 aromatic heterocycles. The van der Waals surface area contributed by atoms with Gasteiger partial charge in [0.05, 0.1) is 13.2 Å². The minimum Gasteiger partial charge on any atom is -0.457 e. The van der Waals surface area contributed by atoms with Crippen LogP contribution < -0.4 is 4.74 Å². The fourth-order valence-corrected chi connectivity index (χ4v) is 1.76. The van der Waals surface area contributed by atoms with Crippen LogP contribution in [0.1, 0.15) is 11.1 Å². The van der Waals surface area contributed by atoms with E-state index in [0.29, 0.717) is 23.7 Å². The van der Waals surface area contributed by atoms with E-state index in [9.17, 15) is 9.50 Å². The second kappa shape index (κ2) is 6.31. The molecule has 0 atom stereocenters. The van der Waals surface area contributed by atoms with Gasteiger partial charge in [0.2, 0.25) is 0 Å². The van der Waals surface area contributed by atoms with Gasteiger partial charge in [0.1, 0.15) is 17.3 Å². The number of aliphatic hydroxyl groups is 1. The first-order chi connectivity index (χ1) is 9.22. The number of hydrogen-bond donors (Lipinski definition) is 1.